The Morgan fingerprint density at radius 2 is 1.87 bits per heavy atom. The zero-order chi connectivity index (χ0) is 16.4. The molecule has 1 aliphatic heterocycles. The first-order valence-corrected chi connectivity index (χ1v) is 9.91. The Kier molecular flexibility index (Phi) is 5.88. The van der Waals surface area contributed by atoms with Crippen molar-refractivity contribution in [3.8, 4) is 11.5 Å². The van der Waals surface area contributed by atoms with Crippen molar-refractivity contribution in [1.82, 2.24) is 10.2 Å². The molecule has 6 heteroatoms. The van der Waals surface area contributed by atoms with E-state index < -0.39 is 0 Å². The summed E-state index contributed by atoms with van der Waals surface area (Å²) in [5, 5.41) is 13.7. The van der Waals surface area contributed by atoms with Gasteiger partial charge in [0.2, 0.25) is 0 Å². The van der Waals surface area contributed by atoms with Crippen LogP contribution in [-0.2, 0) is 0 Å². The molecule has 1 saturated heterocycles. The summed E-state index contributed by atoms with van der Waals surface area (Å²) in [7, 11) is 1.61. The molecule has 0 aromatic heterocycles. The molecule has 1 heterocycles. The minimum absolute atomic E-state index is 0.161. The molecular formula is C17H24Br2N2O2. The lowest BCUT2D eigenvalue weighted by molar-refractivity contribution is 0.124. The van der Waals surface area contributed by atoms with E-state index in [-0.39, 0.29) is 5.75 Å². The zero-order valence-electron chi connectivity index (χ0n) is 13.4. The lowest BCUT2D eigenvalue weighted by atomic mass is 9.89. The van der Waals surface area contributed by atoms with Crippen LogP contribution in [0.25, 0.3) is 0 Å². The average molecular weight is 448 g/mol. The molecular weight excluding hydrogens is 424 g/mol. The van der Waals surface area contributed by atoms with Gasteiger partial charge in [-0.3, -0.25) is 4.90 Å². The third-order valence-electron chi connectivity index (χ3n) is 5.10. The zero-order valence-corrected chi connectivity index (χ0v) is 16.6. The van der Waals surface area contributed by atoms with Crippen molar-refractivity contribution in [2.24, 2.45) is 5.92 Å². The van der Waals surface area contributed by atoms with Crippen LogP contribution in [0.4, 0.5) is 0 Å². The van der Waals surface area contributed by atoms with Crippen molar-refractivity contribution in [2.75, 3.05) is 33.3 Å². The van der Waals surface area contributed by atoms with E-state index in [4.69, 9.17) is 4.74 Å². The van der Waals surface area contributed by atoms with E-state index in [1.54, 1.807) is 7.11 Å². The van der Waals surface area contributed by atoms with E-state index in [1.807, 2.05) is 6.07 Å². The van der Waals surface area contributed by atoms with Gasteiger partial charge in [-0.1, -0.05) is 12.8 Å². The number of hydrogen-bond acceptors (Lipinski definition) is 4. The highest BCUT2D eigenvalue weighted by Crippen LogP contribution is 2.48. The number of halogens is 2. The standard InChI is InChI=1S/C17H24Br2N2O2/c1-23-13-10-12(14(18)15(19)17(13)22)16(11-4-2-3-5-11)21-8-6-20-7-9-21/h10-11,16,20,22H,2-9H2,1H3/t16-/m0/s1. The highest BCUT2D eigenvalue weighted by molar-refractivity contribution is 9.13. The molecule has 0 radical (unpaired) electrons. The molecule has 0 spiro atoms. The second-order valence-electron chi connectivity index (χ2n) is 6.42. The second-order valence-corrected chi connectivity index (χ2v) is 8.01. The Morgan fingerprint density at radius 1 is 1.22 bits per heavy atom. The number of benzene rings is 1. The fourth-order valence-corrected chi connectivity index (χ4v) is 4.93. The Bertz CT molecular complexity index is 556. The van der Waals surface area contributed by atoms with Gasteiger partial charge in [-0.25, -0.2) is 0 Å². The monoisotopic (exact) mass is 446 g/mol. The SMILES string of the molecule is COc1cc([C@H](C2CCCC2)N2CCNCC2)c(Br)c(Br)c1O. The summed E-state index contributed by atoms with van der Waals surface area (Å²) < 4.78 is 7.03. The van der Waals surface area contributed by atoms with Gasteiger partial charge in [0.15, 0.2) is 11.5 Å². The van der Waals surface area contributed by atoms with Crippen LogP contribution >= 0.6 is 31.9 Å². The topological polar surface area (TPSA) is 44.7 Å². The van der Waals surface area contributed by atoms with Crippen molar-refractivity contribution in [1.29, 1.82) is 0 Å². The smallest absolute Gasteiger partial charge is 0.173 e. The van der Waals surface area contributed by atoms with Crippen LogP contribution in [0.3, 0.4) is 0 Å². The van der Waals surface area contributed by atoms with Crippen molar-refractivity contribution in [3.63, 3.8) is 0 Å². The Morgan fingerprint density at radius 3 is 2.48 bits per heavy atom. The summed E-state index contributed by atoms with van der Waals surface area (Å²) >= 11 is 7.22. The number of methoxy groups -OCH3 is 1. The van der Waals surface area contributed by atoms with Crippen LogP contribution in [0.2, 0.25) is 0 Å². The van der Waals surface area contributed by atoms with Crippen molar-refractivity contribution in [2.45, 2.75) is 31.7 Å². The van der Waals surface area contributed by atoms with E-state index in [2.05, 4.69) is 42.1 Å². The third kappa shape index (κ3) is 3.55. The molecule has 2 aliphatic rings. The molecule has 1 aromatic carbocycles. The van der Waals surface area contributed by atoms with Gasteiger partial charge in [0, 0.05) is 36.7 Å². The quantitative estimate of drug-likeness (QED) is 0.730. The summed E-state index contributed by atoms with van der Waals surface area (Å²) in [6, 6.07) is 2.38. The van der Waals surface area contributed by atoms with Gasteiger partial charge >= 0.3 is 0 Å². The minimum atomic E-state index is 0.161. The lowest BCUT2D eigenvalue weighted by Gasteiger charge is -2.39. The maximum Gasteiger partial charge on any atom is 0.173 e. The van der Waals surface area contributed by atoms with E-state index in [0.717, 1.165) is 30.7 Å². The average Bonchev–Trinajstić information content (AvgIpc) is 3.10. The van der Waals surface area contributed by atoms with Crippen LogP contribution in [0.15, 0.2) is 15.0 Å². The molecule has 4 nitrogen and oxygen atoms in total. The van der Waals surface area contributed by atoms with Crippen LogP contribution in [0.1, 0.15) is 37.3 Å². The molecule has 128 valence electrons. The van der Waals surface area contributed by atoms with Gasteiger partial charge in [-0.05, 0) is 62.2 Å². The van der Waals surface area contributed by atoms with Gasteiger partial charge < -0.3 is 15.2 Å². The first kappa shape index (κ1) is 17.5. The molecule has 1 atom stereocenters. The largest absolute Gasteiger partial charge is 0.503 e. The summed E-state index contributed by atoms with van der Waals surface area (Å²) in [6.45, 7) is 4.21. The highest BCUT2D eigenvalue weighted by Gasteiger charge is 2.34. The number of aromatic hydroxyl groups is 1. The maximum atomic E-state index is 10.2. The minimum Gasteiger partial charge on any atom is -0.503 e. The fourth-order valence-electron chi connectivity index (χ4n) is 3.96. The van der Waals surface area contributed by atoms with Crippen LogP contribution in [-0.4, -0.2) is 43.3 Å². The van der Waals surface area contributed by atoms with Crippen LogP contribution in [0.5, 0.6) is 11.5 Å². The summed E-state index contributed by atoms with van der Waals surface area (Å²) in [5.41, 5.74) is 1.22. The summed E-state index contributed by atoms with van der Waals surface area (Å²) in [6.07, 6.45) is 5.20. The van der Waals surface area contributed by atoms with Crippen molar-refractivity contribution >= 4 is 31.9 Å². The van der Waals surface area contributed by atoms with Gasteiger partial charge in [0.1, 0.15) is 0 Å². The van der Waals surface area contributed by atoms with Gasteiger partial charge in [-0.15, -0.1) is 0 Å². The number of ether oxygens (including phenoxy) is 1. The molecule has 0 amide bonds. The summed E-state index contributed by atoms with van der Waals surface area (Å²) in [4.78, 5) is 2.59. The van der Waals surface area contributed by atoms with Crippen molar-refractivity contribution in [3.05, 3.63) is 20.6 Å². The van der Waals surface area contributed by atoms with E-state index in [1.165, 1.54) is 31.2 Å². The maximum absolute atomic E-state index is 10.2. The molecule has 23 heavy (non-hydrogen) atoms. The molecule has 1 aromatic rings. The Balaban J connectivity index is 2.03. The van der Waals surface area contributed by atoms with Gasteiger partial charge in [-0.2, -0.15) is 0 Å². The number of phenols is 1. The third-order valence-corrected chi connectivity index (χ3v) is 7.26. The van der Waals surface area contributed by atoms with Crippen molar-refractivity contribution < 1.29 is 9.84 Å². The first-order valence-electron chi connectivity index (χ1n) is 8.33. The second kappa shape index (κ2) is 7.72. The van der Waals surface area contributed by atoms with E-state index in [9.17, 15) is 5.11 Å². The lowest BCUT2D eigenvalue weighted by Crippen LogP contribution is -2.46. The number of nitrogens with one attached hydrogen (secondary N) is 1. The highest BCUT2D eigenvalue weighted by atomic mass is 79.9. The van der Waals surface area contributed by atoms with Gasteiger partial charge in [0.25, 0.3) is 0 Å². The van der Waals surface area contributed by atoms with Gasteiger partial charge in [0.05, 0.1) is 11.6 Å². The van der Waals surface area contributed by atoms with Crippen LogP contribution < -0.4 is 10.1 Å². The molecule has 1 aliphatic carbocycles. The Hall–Kier alpha value is -0.300. The molecule has 2 fully saturated rings. The number of hydrogen-bond donors (Lipinski definition) is 2. The molecule has 2 N–H and O–H groups in total. The molecule has 3 rings (SSSR count). The van der Waals surface area contributed by atoms with E-state index >= 15 is 0 Å². The Labute approximate surface area is 154 Å². The first-order chi connectivity index (χ1) is 11.1. The molecule has 0 bridgehead atoms. The van der Waals surface area contributed by atoms with Crippen LogP contribution in [0, 0.1) is 5.92 Å². The predicted molar refractivity (Wildman–Crippen MR) is 99.2 cm³/mol. The number of rotatable bonds is 4. The number of piperazine rings is 1. The molecule has 1 saturated carbocycles. The predicted octanol–water partition coefficient (Wildman–Crippen LogP) is 4.06. The number of nitrogens with zero attached hydrogens (tertiary/aromatic N) is 1. The fraction of sp³-hybridized carbons (Fsp3) is 0.647. The summed E-state index contributed by atoms with van der Waals surface area (Å²) in [5.74, 6) is 1.37. The number of phenolic OH excluding ortho intramolecular Hbond substituents is 1. The van der Waals surface area contributed by atoms with E-state index in [0.29, 0.717) is 22.2 Å². The molecule has 0 unspecified atom stereocenters. The normalized spacial score (nSPS) is 21.5.